The van der Waals surface area contributed by atoms with E-state index < -0.39 is 199 Å². The van der Waals surface area contributed by atoms with Crippen molar-refractivity contribution in [1.82, 2.24) is 79.0 Å². The maximum atomic E-state index is 15.6. The maximum absolute atomic E-state index is 15.6. The van der Waals surface area contributed by atoms with E-state index in [1.165, 1.54) is 93.5 Å². The predicted molar refractivity (Wildman–Crippen MR) is 474 cm³/mol. The van der Waals surface area contributed by atoms with E-state index >= 15 is 28.8 Å². The molecule has 8 rings (SSSR count). The molecule has 2 aliphatic rings. The molecule has 0 aliphatic carbocycles. The summed E-state index contributed by atoms with van der Waals surface area (Å²) in [4.78, 5) is 229. The Morgan fingerprint density at radius 3 is 1.58 bits per heavy atom. The molecule has 37 nitrogen and oxygen atoms in total. The number of amides is 17. The van der Waals surface area contributed by atoms with Crippen molar-refractivity contribution in [2.24, 2.45) is 17.1 Å². The van der Waals surface area contributed by atoms with Crippen molar-refractivity contribution in [3.05, 3.63) is 173 Å². The maximum Gasteiger partial charge on any atom is 0.322 e. The number of aromatic nitrogens is 1. The van der Waals surface area contributed by atoms with Gasteiger partial charge in [0.1, 0.15) is 72.6 Å². The van der Waals surface area contributed by atoms with Crippen molar-refractivity contribution in [1.29, 1.82) is 0 Å². The number of hydrogen-bond acceptors (Lipinski definition) is 21. The van der Waals surface area contributed by atoms with Gasteiger partial charge in [-0.3, -0.25) is 82.2 Å². The number of benzene rings is 5. The lowest BCUT2D eigenvalue weighted by atomic mass is 9.87. The highest BCUT2D eigenvalue weighted by Gasteiger charge is 2.42. The molecule has 0 bridgehead atoms. The summed E-state index contributed by atoms with van der Waals surface area (Å²) in [6, 6.07) is 17.6. The number of pyridine rings is 1. The minimum Gasteiger partial charge on any atom is -0.396 e. The van der Waals surface area contributed by atoms with E-state index in [0.717, 1.165) is 10.8 Å². The van der Waals surface area contributed by atoms with Crippen molar-refractivity contribution in [2.45, 2.75) is 217 Å². The van der Waals surface area contributed by atoms with E-state index in [0.29, 0.717) is 53.1 Å². The number of halogens is 1. The third-order valence-corrected chi connectivity index (χ3v) is 21.8. The molecule has 3 heterocycles. The topological polar surface area (TPSA) is 556 Å². The van der Waals surface area contributed by atoms with Gasteiger partial charge in [0.15, 0.2) is 0 Å². The first-order valence-electron chi connectivity index (χ1n) is 42.6. The SMILES string of the molecule is CC(=O)N[C@H](Cc1ccc2ccccc2c1)C(=O)N[C@H](Cc1ccc(Cl)cc1)C(=O)N[C@H](Cc1cccnc1)C(=O)N[C@@H](CO)C(=O)N[C@@H](Cc1ccc(NC(=O)C2CC(=O)NC(=O)N2)cc1)C(=O)N[C@H](Cc1ccc(NC(=O)CCNC(=O)C(O)C(C)(C)CO)cc1)C(=O)N[C@@H](CC(C)C)C(=O)N[C@@H](CCCCNC(C)C)C(=O)N1CCC[C@H]1C(=O)N[C@H](C)C(N)=O. The van der Waals surface area contributed by atoms with Crippen LogP contribution in [0, 0.1) is 11.3 Å². The number of aliphatic hydroxyl groups excluding tert-OH is 3. The molecule has 688 valence electrons. The van der Waals surface area contributed by atoms with Crippen LogP contribution in [0.2, 0.25) is 5.02 Å². The number of carbonyl (C=O) groups excluding carboxylic acids is 16. The van der Waals surface area contributed by atoms with Gasteiger partial charge in [0.05, 0.1) is 19.6 Å². The molecule has 20 N–H and O–H groups in total. The molecule has 0 radical (unpaired) electrons. The second-order valence-electron chi connectivity index (χ2n) is 33.4. The van der Waals surface area contributed by atoms with Gasteiger partial charge in [-0.1, -0.05) is 138 Å². The number of fused-ring (bicyclic) bond motifs is 1. The molecule has 38 heteroatoms. The van der Waals surface area contributed by atoms with Gasteiger partial charge < -0.3 is 100 Å². The van der Waals surface area contributed by atoms with Gasteiger partial charge in [-0.2, -0.15) is 0 Å². The van der Waals surface area contributed by atoms with Crippen LogP contribution in [0.15, 0.2) is 140 Å². The Hall–Kier alpha value is -12.8. The number of aliphatic hydroxyl groups is 3. The van der Waals surface area contributed by atoms with E-state index in [9.17, 15) is 63.3 Å². The third-order valence-electron chi connectivity index (χ3n) is 21.5. The Morgan fingerprint density at radius 1 is 0.555 bits per heavy atom. The van der Waals surface area contributed by atoms with Crippen molar-refractivity contribution in [3.8, 4) is 0 Å². The van der Waals surface area contributed by atoms with E-state index in [1.54, 1.807) is 56.3 Å². The van der Waals surface area contributed by atoms with Crippen LogP contribution in [0.3, 0.4) is 0 Å². The summed E-state index contributed by atoms with van der Waals surface area (Å²) in [5.74, 6) is -12.7. The average Bonchev–Trinajstić information content (AvgIpc) is 1.32. The lowest BCUT2D eigenvalue weighted by Gasteiger charge is -2.31. The molecule has 2 fully saturated rings. The van der Waals surface area contributed by atoms with E-state index in [2.05, 4.69) is 79.4 Å². The number of nitrogens with zero attached hydrogens (tertiary/aromatic N) is 2. The van der Waals surface area contributed by atoms with Gasteiger partial charge in [-0.25, -0.2) is 4.79 Å². The van der Waals surface area contributed by atoms with Crippen molar-refractivity contribution < 1.29 is 92.0 Å². The predicted octanol–water partition coefficient (Wildman–Crippen LogP) is 0.848. The van der Waals surface area contributed by atoms with Gasteiger partial charge >= 0.3 is 6.03 Å². The number of primary amides is 1. The van der Waals surface area contributed by atoms with Crippen LogP contribution in [-0.4, -0.2) is 231 Å². The summed E-state index contributed by atoms with van der Waals surface area (Å²) in [5.41, 5.74) is 6.81. The van der Waals surface area contributed by atoms with Gasteiger partial charge in [0.25, 0.3) is 0 Å². The van der Waals surface area contributed by atoms with Gasteiger partial charge in [0, 0.05) is 98.8 Å². The van der Waals surface area contributed by atoms with Crippen LogP contribution in [0.4, 0.5) is 16.2 Å². The molecule has 0 saturated carbocycles. The van der Waals surface area contributed by atoms with Crippen molar-refractivity contribution in [2.75, 3.05) is 43.5 Å². The van der Waals surface area contributed by atoms with Gasteiger partial charge in [0.2, 0.25) is 88.6 Å². The highest BCUT2D eigenvalue weighted by Crippen LogP contribution is 2.25. The molecule has 17 amide bonds. The number of unbranched alkanes of at least 4 members (excludes halogenated alkanes) is 1. The number of hydrogen-bond donors (Lipinski definition) is 19. The monoisotopic (exact) mass is 1790 g/mol. The molecule has 6 aromatic rings. The largest absolute Gasteiger partial charge is 0.396 e. The average molecular weight is 1790 g/mol. The quantitative estimate of drug-likeness (QED) is 0.0235. The first-order chi connectivity index (χ1) is 60.8. The van der Waals surface area contributed by atoms with Crippen LogP contribution < -0.4 is 85.5 Å². The number of rotatable bonds is 47. The number of nitrogens with two attached hydrogens (primary N) is 1. The van der Waals surface area contributed by atoms with E-state index in [1.807, 2.05) is 55.6 Å². The highest BCUT2D eigenvalue weighted by molar-refractivity contribution is 6.30. The molecule has 12 atom stereocenters. The minimum atomic E-state index is -1.96. The second-order valence-corrected chi connectivity index (χ2v) is 33.8. The van der Waals surface area contributed by atoms with Crippen LogP contribution >= 0.6 is 11.6 Å². The second kappa shape index (κ2) is 48.8. The van der Waals surface area contributed by atoms with Crippen LogP contribution in [-0.2, 0) is 104 Å². The van der Waals surface area contributed by atoms with E-state index in [-0.39, 0.29) is 93.4 Å². The van der Waals surface area contributed by atoms with Gasteiger partial charge in [-0.15, -0.1) is 0 Å². The molecule has 128 heavy (non-hydrogen) atoms. The Kier molecular flexibility index (Phi) is 38.3. The number of nitrogens with one attached hydrogen (secondary N) is 15. The number of imide groups is 1. The summed E-state index contributed by atoms with van der Waals surface area (Å²) < 4.78 is 0. The van der Waals surface area contributed by atoms with Crippen LogP contribution in [0.1, 0.15) is 135 Å². The lowest BCUT2D eigenvalue weighted by molar-refractivity contribution is -0.142. The number of carbonyl (C=O) groups is 16. The number of anilines is 2. The fraction of sp³-hybridized carbons (Fsp3) is 0.456. The first-order valence-corrected chi connectivity index (χ1v) is 42.9. The molecule has 2 aliphatic heterocycles. The van der Waals surface area contributed by atoms with Crippen molar-refractivity contribution >= 4 is 128 Å². The minimum absolute atomic E-state index is 0.00998. The highest BCUT2D eigenvalue weighted by atomic mass is 35.5. The molecule has 2 saturated heterocycles. The first kappa shape index (κ1) is 101. The molecule has 5 aromatic carbocycles. The summed E-state index contributed by atoms with van der Waals surface area (Å²) in [7, 11) is 0. The Bertz CT molecular complexity index is 4890. The van der Waals surface area contributed by atoms with Crippen LogP contribution in [0.5, 0.6) is 0 Å². The summed E-state index contributed by atoms with van der Waals surface area (Å²) >= 11 is 6.28. The Labute approximate surface area is 746 Å². The summed E-state index contributed by atoms with van der Waals surface area (Å²) in [6.07, 6.45) is 0.843. The van der Waals surface area contributed by atoms with E-state index in [4.69, 9.17) is 17.3 Å². The van der Waals surface area contributed by atoms with Gasteiger partial charge in [-0.05, 0) is 139 Å². The van der Waals surface area contributed by atoms with Crippen molar-refractivity contribution in [3.63, 3.8) is 0 Å². The molecule has 1 aromatic heterocycles. The molecular formula is C90H117ClN18O19. The van der Waals surface area contributed by atoms with Crippen LogP contribution in [0.25, 0.3) is 10.8 Å². The fourth-order valence-corrected chi connectivity index (χ4v) is 14.4. The molecular weight excluding hydrogens is 1670 g/mol. The smallest absolute Gasteiger partial charge is 0.322 e. The fourth-order valence-electron chi connectivity index (χ4n) is 14.3. The standard InChI is InChI=1S/C90H117ClN18O19/c1-50(2)39-65(79(118)100-64(18-11-12-36-94-51(3)4)88(127)109-38-14-19-73(109)86(125)96-52(5)77(92)116)101-81(120)68(42-55-23-30-62(31-24-55)98-74(113)34-37-95-87(126)76(115)90(7,8)49-111)103-83(122)69(43-56-25-32-63(33-26-56)99-78(117)71-46-75(114)108-89(128)107-71)105-85(124)72(48-110)106-84(123)70(45-58-15-13-35-93-47-58)104-82(121)67(41-54-21-28-61(91)29-22-54)102-80(119)66(97-53(6)112)44-57-20-27-59-16-9-10-17-60(59)40-57/h9-10,13,15-17,20-33,35,40,47,50-52,64-73,76,94,110-111,115H,11-12,14,18-19,34,36-39,41-46,48-49H2,1-8H3,(H2,92,116)(H,95,126)(H,96,125)(H,97,112)(H,98,113)(H,99,117)(H,100,118)(H,101,120)(H,102,119)(H,103,122)(H,104,121)(H,105,124)(H,106,123)(H2,107,108,114,128)/t52-,64+,65+,66-,67-,68-,69+,70-,71?,72+,73+,76?/m1/s1. The number of urea groups is 1. The number of likely N-dealkylation sites (tertiary alicyclic amines) is 1. The zero-order chi connectivity index (χ0) is 93.5. The molecule has 2 unspecified atom stereocenters. The molecule has 0 spiro atoms. The Morgan fingerprint density at radius 2 is 1.05 bits per heavy atom. The lowest BCUT2D eigenvalue weighted by Crippen LogP contribution is -2.62. The zero-order valence-electron chi connectivity index (χ0n) is 72.8. The zero-order valence-corrected chi connectivity index (χ0v) is 73.6. The normalized spacial score (nSPS) is 16.1. The summed E-state index contributed by atoms with van der Waals surface area (Å²) in [6.45, 7) is 11.9. The summed E-state index contributed by atoms with van der Waals surface area (Å²) in [5, 5.41) is 73.3. The Balaban J connectivity index is 1.12. The third kappa shape index (κ3) is 31.6.